The molecule has 0 aliphatic carbocycles. The van der Waals surface area contributed by atoms with Gasteiger partial charge in [0.1, 0.15) is 5.82 Å². The van der Waals surface area contributed by atoms with Gasteiger partial charge in [0.25, 0.3) is 0 Å². The maximum Gasteiger partial charge on any atom is 0.320 e. The van der Waals surface area contributed by atoms with Crippen LogP contribution in [0, 0.1) is 6.92 Å². The lowest BCUT2D eigenvalue weighted by molar-refractivity contribution is 0.243. The Bertz CT molecular complexity index is 571. The van der Waals surface area contributed by atoms with Crippen LogP contribution >= 0.6 is 11.3 Å². The summed E-state index contributed by atoms with van der Waals surface area (Å²) in [6, 6.07) is 9.33. The van der Waals surface area contributed by atoms with E-state index < -0.39 is 0 Å². The molecular weight excluding hydrogens is 286 g/mol. The Kier molecular flexibility index (Phi) is 5.71. The number of carbonyl (C=O) groups excluding carboxylic acids is 1. The third-order valence-electron chi connectivity index (χ3n) is 3.02. The van der Waals surface area contributed by atoms with E-state index in [1.807, 2.05) is 37.3 Å². The first-order valence-electron chi connectivity index (χ1n) is 6.84. The van der Waals surface area contributed by atoms with Crippen molar-refractivity contribution >= 4 is 23.2 Å². The van der Waals surface area contributed by atoms with Crippen LogP contribution in [-0.2, 0) is 0 Å². The molecule has 1 heterocycles. The molecule has 0 spiro atoms. The first-order chi connectivity index (χ1) is 10.2. The molecule has 0 aliphatic rings. The second-order valence-corrected chi connectivity index (χ2v) is 5.74. The number of thiazole rings is 1. The number of carbonyl (C=O) groups is 1. The minimum atomic E-state index is -0.285. The fraction of sp³-hybridized carbons (Fsp3) is 0.333. The molecule has 1 aromatic carbocycles. The van der Waals surface area contributed by atoms with Crippen molar-refractivity contribution < 1.29 is 9.90 Å². The Morgan fingerprint density at radius 2 is 2.14 bits per heavy atom. The topological polar surface area (TPSA) is 74.2 Å². The molecule has 5 nitrogen and oxygen atoms in total. The molecule has 3 N–H and O–H groups in total. The van der Waals surface area contributed by atoms with Gasteiger partial charge in [-0.3, -0.25) is 5.32 Å². The average molecular weight is 305 g/mol. The van der Waals surface area contributed by atoms with E-state index in [1.165, 1.54) is 11.3 Å². The van der Waals surface area contributed by atoms with Gasteiger partial charge in [-0.15, -0.1) is 11.3 Å². The molecular formula is C15H19N3O2S. The second-order valence-electron chi connectivity index (χ2n) is 4.68. The van der Waals surface area contributed by atoms with Crippen LogP contribution in [0.15, 0.2) is 35.7 Å². The van der Waals surface area contributed by atoms with Gasteiger partial charge in [-0.1, -0.05) is 30.3 Å². The number of aryl methyl sites for hydroxylation is 1. The monoisotopic (exact) mass is 305 g/mol. The fourth-order valence-electron chi connectivity index (χ4n) is 2.03. The molecule has 0 aliphatic heterocycles. The zero-order chi connectivity index (χ0) is 15.1. The van der Waals surface area contributed by atoms with E-state index >= 15 is 0 Å². The summed E-state index contributed by atoms with van der Waals surface area (Å²) < 4.78 is 0. The number of urea groups is 1. The van der Waals surface area contributed by atoms with E-state index in [4.69, 9.17) is 5.11 Å². The molecule has 2 rings (SSSR count). The molecule has 112 valence electrons. The first-order valence-corrected chi connectivity index (χ1v) is 7.72. The highest BCUT2D eigenvalue weighted by molar-refractivity contribution is 7.09. The summed E-state index contributed by atoms with van der Waals surface area (Å²) in [6.07, 6.45) is 1.32. The van der Waals surface area contributed by atoms with Crippen LogP contribution in [0.4, 0.5) is 10.6 Å². The van der Waals surface area contributed by atoms with Gasteiger partial charge in [-0.2, -0.15) is 0 Å². The van der Waals surface area contributed by atoms with Crippen molar-refractivity contribution in [2.75, 3.05) is 11.9 Å². The van der Waals surface area contributed by atoms with E-state index in [0.29, 0.717) is 18.7 Å². The van der Waals surface area contributed by atoms with Crippen LogP contribution in [0.25, 0.3) is 0 Å². The molecule has 0 saturated heterocycles. The number of anilines is 1. The lowest BCUT2D eigenvalue weighted by atomic mass is 10.0. The number of nitrogens with one attached hydrogen (secondary N) is 2. The fourth-order valence-corrected chi connectivity index (χ4v) is 2.58. The van der Waals surface area contributed by atoms with Crippen molar-refractivity contribution in [2.24, 2.45) is 0 Å². The van der Waals surface area contributed by atoms with Crippen molar-refractivity contribution in [1.82, 2.24) is 10.3 Å². The van der Waals surface area contributed by atoms with Crippen LogP contribution in [0.1, 0.15) is 29.5 Å². The highest BCUT2D eigenvalue weighted by Crippen LogP contribution is 2.19. The number of hydrogen-bond donors (Lipinski definition) is 3. The summed E-state index contributed by atoms with van der Waals surface area (Å²) in [5, 5.41) is 17.4. The number of aromatic nitrogens is 1. The van der Waals surface area contributed by atoms with Gasteiger partial charge in [-0.25, -0.2) is 9.78 Å². The van der Waals surface area contributed by atoms with Crippen LogP contribution < -0.4 is 10.6 Å². The number of hydrogen-bond acceptors (Lipinski definition) is 4. The molecule has 1 atom stereocenters. The van der Waals surface area contributed by atoms with E-state index in [2.05, 4.69) is 15.6 Å². The van der Waals surface area contributed by atoms with Gasteiger partial charge in [0.15, 0.2) is 0 Å². The Morgan fingerprint density at radius 3 is 2.76 bits per heavy atom. The molecule has 0 radical (unpaired) electrons. The molecule has 1 aromatic heterocycles. The van der Waals surface area contributed by atoms with Gasteiger partial charge >= 0.3 is 6.03 Å². The quantitative estimate of drug-likeness (QED) is 0.768. The molecule has 6 heteroatoms. The number of nitrogens with zero attached hydrogens (tertiary/aromatic N) is 1. The van der Waals surface area contributed by atoms with Crippen LogP contribution in [-0.4, -0.2) is 22.7 Å². The van der Waals surface area contributed by atoms with E-state index in [-0.39, 0.29) is 18.7 Å². The Labute approximate surface area is 128 Å². The minimum Gasteiger partial charge on any atom is -0.396 e. The van der Waals surface area contributed by atoms with Crippen molar-refractivity contribution in [2.45, 2.75) is 25.8 Å². The van der Waals surface area contributed by atoms with Crippen LogP contribution in [0.2, 0.25) is 0 Å². The minimum absolute atomic E-state index is 0.109. The summed E-state index contributed by atoms with van der Waals surface area (Å²) in [4.78, 5) is 16.2. The van der Waals surface area contributed by atoms with Crippen LogP contribution in [0.5, 0.6) is 0 Å². The smallest absolute Gasteiger partial charge is 0.320 e. The standard InChI is InChI=1S/C15H19N3O2S/c1-11-16-14(10-21-11)18-15(20)17-13(8-5-9-19)12-6-3-2-4-7-12/h2-4,6-7,10,13,19H,5,8-9H2,1H3,(H2,17,18,20)/t13-/m0/s1. The predicted molar refractivity (Wildman–Crippen MR) is 84.5 cm³/mol. The van der Waals surface area contributed by atoms with E-state index in [9.17, 15) is 4.79 Å². The van der Waals surface area contributed by atoms with Crippen molar-refractivity contribution in [3.05, 3.63) is 46.3 Å². The van der Waals surface area contributed by atoms with Crippen molar-refractivity contribution in [3.63, 3.8) is 0 Å². The molecule has 0 unspecified atom stereocenters. The maximum atomic E-state index is 12.0. The number of aliphatic hydroxyl groups is 1. The van der Waals surface area contributed by atoms with Gasteiger partial charge in [-0.05, 0) is 25.3 Å². The third-order valence-corrected chi connectivity index (χ3v) is 3.79. The van der Waals surface area contributed by atoms with Crippen LogP contribution in [0.3, 0.4) is 0 Å². The summed E-state index contributed by atoms with van der Waals surface area (Å²) in [7, 11) is 0. The Balaban J connectivity index is 1.99. The Morgan fingerprint density at radius 1 is 1.38 bits per heavy atom. The van der Waals surface area contributed by atoms with E-state index in [0.717, 1.165) is 10.6 Å². The summed E-state index contributed by atoms with van der Waals surface area (Å²) in [5.41, 5.74) is 1.02. The van der Waals surface area contributed by atoms with Gasteiger partial charge < -0.3 is 10.4 Å². The predicted octanol–water partition coefficient (Wildman–Crippen LogP) is 3.09. The molecule has 2 aromatic rings. The summed E-state index contributed by atoms with van der Waals surface area (Å²) in [5.74, 6) is 0.559. The highest BCUT2D eigenvalue weighted by atomic mass is 32.1. The summed E-state index contributed by atoms with van der Waals surface area (Å²) in [6.45, 7) is 2.00. The molecule has 0 fully saturated rings. The third kappa shape index (κ3) is 4.84. The summed E-state index contributed by atoms with van der Waals surface area (Å²) >= 11 is 1.49. The molecule has 0 bridgehead atoms. The Hall–Kier alpha value is -1.92. The molecule has 21 heavy (non-hydrogen) atoms. The number of amides is 2. The normalized spacial score (nSPS) is 11.9. The second kappa shape index (κ2) is 7.75. The lowest BCUT2D eigenvalue weighted by Crippen LogP contribution is -2.32. The number of benzene rings is 1. The molecule has 0 saturated carbocycles. The number of rotatable bonds is 6. The van der Waals surface area contributed by atoms with Crippen molar-refractivity contribution in [1.29, 1.82) is 0 Å². The molecule has 2 amide bonds. The van der Waals surface area contributed by atoms with E-state index in [1.54, 1.807) is 5.38 Å². The highest BCUT2D eigenvalue weighted by Gasteiger charge is 2.14. The maximum absolute atomic E-state index is 12.0. The van der Waals surface area contributed by atoms with Gasteiger partial charge in [0, 0.05) is 12.0 Å². The SMILES string of the molecule is Cc1nc(NC(=O)N[C@@H](CCCO)c2ccccc2)cs1. The first kappa shape index (κ1) is 15.5. The van der Waals surface area contributed by atoms with Gasteiger partial charge in [0.2, 0.25) is 0 Å². The zero-order valence-electron chi connectivity index (χ0n) is 11.9. The lowest BCUT2D eigenvalue weighted by Gasteiger charge is -2.19. The largest absolute Gasteiger partial charge is 0.396 e. The average Bonchev–Trinajstić information content (AvgIpc) is 2.89. The zero-order valence-corrected chi connectivity index (χ0v) is 12.7. The van der Waals surface area contributed by atoms with Gasteiger partial charge in [0.05, 0.1) is 11.0 Å². The van der Waals surface area contributed by atoms with Crippen molar-refractivity contribution in [3.8, 4) is 0 Å². The number of aliphatic hydroxyl groups excluding tert-OH is 1.